The van der Waals surface area contributed by atoms with E-state index in [9.17, 15) is 4.79 Å². The summed E-state index contributed by atoms with van der Waals surface area (Å²) in [6.45, 7) is 1.81. The molecule has 1 aliphatic rings. The number of benzene rings is 1. The molecule has 2 heterocycles. The second-order valence-electron chi connectivity index (χ2n) is 4.67. The van der Waals surface area contributed by atoms with E-state index in [-0.39, 0.29) is 11.9 Å². The molecule has 0 spiro atoms. The van der Waals surface area contributed by atoms with E-state index in [4.69, 9.17) is 0 Å². The lowest BCUT2D eigenvalue weighted by molar-refractivity contribution is 0.0940. The van der Waals surface area contributed by atoms with Crippen LogP contribution in [0.5, 0.6) is 0 Å². The highest BCUT2D eigenvalue weighted by molar-refractivity contribution is 5.94. The maximum atomic E-state index is 12.1. The van der Waals surface area contributed by atoms with Gasteiger partial charge in [0.15, 0.2) is 0 Å². The minimum atomic E-state index is -0.0594. The summed E-state index contributed by atoms with van der Waals surface area (Å²) < 4.78 is 1.71. The number of amides is 1. The molecule has 1 saturated heterocycles. The summed E-state index contributed by atoms with van der Waals surface area (Å²) in [4.78, 5) is 12.1. The van der Waals surface area contributed by atoms with Gasteiger partial charge in [-0.1, -0.05) is 18.2 Å². The number of para-hydroxylation sites is 1. The summed E-state index contributed by atoms with van der Waals surface area (Å²) in [6.07, 6.45) is 4.34. The van der Waals surface area contributed by atoms with E-state index in [2.05, 4.69) is 15.7 Å². The molecule has 0 bridgehead atoms. The summed E-state index contributed by atoms with van der Waals surface area (Å²) in [7, 11) is 0. The van der Waals surface area contributed by atoms with Crippen molar-refractivity contribution in [3.8, 4) is 5.69 Å². The third-order valence-corrected chi connectivity index (χ3v) is 3.26. The van der Waals surface area contributed by atoms with Gasteiger partial charge in [0.2, 0.25) is 0 Å². The minimum Gasteiger partial charge on any atom is -0.348 e. The quantitative estimate of drug-likeness (QED) is 0.860. The Kier molecular flexibility index (Phi) is 3.29. The lowest BCUT2D eigenvalue weighted by Crippen LogP contribution is -2.36. The molecular weight excluding hydrogens is 240 g/mol. The average molecular weight is 256 g/mol. The van der Waals surface area contributed by atoms with Crippen molar-refractivity contribution in [1.82, 2.24) is 20.4 Å². The summed E-state index contributed by atoms with van der Waals surface area (Å²) in [6, 6.07) is 9.98. The number of aromatic nitrogens is 2. The van der Waals surface area contributed by atoms with E-state index in [0.29, 0.717) is 5.56 Å². The van der Waals surface area contributed by atoms with Gasteiger partial charge in [0.05, 0.1) is 17.4 Å². The van der Waals surface area contributed by atoms with Crippen LogP contribution in [0.25, 0.3) is 5.69 Å². The van der Waals surface area contributed by atoms with Gasteiger partial charge in [0.1, 0.15) is 0 Å². The molecular formula is C14H16N4O. The first-order chi connectivity index (χ1) is 9.33. The third kappa shape index (κ3) is 2.66. The summed E-state index contributed by atoms with van der Waals surface area (Å²) in [5.74, 6) is -0.0594. The van der Waals surface area contributed by atoms with Crippen LogP contribution in [0.3, 0.4) is 0 Å². The van der Waals surface area contributed by atoms with Crippen molar-refractivity contribution >= 4 is 5.91 Å². The van der Waals surface area contributed by atoms with Crippen LogP contribution in [0.2, 0.25) is 0 Å². The number of nitrogens with zero attached hydrogens (tertiary/aromatic N) is 2. The Hall–Kier alpha value is -2.14. The predicted octanol–water partition coefficient (Wildman–Crippen LogP) is 0.964. The number of rotatable bonds is 3. The summed E-state index contributed by atoms with van der Waals surface area (Å²) in [5.41, 5.74) is 1.54. The molecule has 1 amide bonds. The van der Waals surface area contributed by atoms with Gasteiger partial charge >= 0.3 is 0 Å². The molecule has 1 fully saturated rings. The smallest absolute Gasteiger partial charge is 0.254 e. The fourth-order valence-corrected chi connectivity index (χ4v) is 2.21. The van der Waals surface area contributed by atoms with E-state index in [1.165, 1.54) is 0 Å². The van der Waals surface area contributed by atoms with Crippen molar-refractivity contribution in [3.05, 3.63) is 48.3 Å². The zero-order valence-corrected chi connectivity index (χ0v) is 10.5. The molecule has 0 unspecified atom stereocenters. The summed E-state index contributed by atoms with van der Waals surface area (Å²) >= 11 is 0. The zero-order chi connectivity index (χ0) is 13.1. The van der Waals surface area contributed by atoms with E-state index in [0.717, 1.165) is 25.2 Å². The lowest BCUT2D eigenvalue weighted by Gasteiger charge is -2.09. The van der Waals surface area contributed by atoms with Crippen molar-refractivity contribution in [2.45, 2.75) is 12.5 Å². The fraction of sp³-hybridized carbons (Fsp3) is 0.286. The molecule has 3 rings (SSSR count). The highest BCUT2D eigenvalue weighted by Gasteiger charge is 2.18. The van der Waals surface area contributed by atoms with Crippen LogP contribution in [0.1, 0.15) is 16.8 Å². The van der Waals surface area contributed by atoms with Gasteiger partial charge < -0.3 is 10.6 Å². The van der Waals surface area contributed by atoms with Crippen molar-refractivity contribution < 1.29 is 4.79 Å². The molecule has 0 radical (unpaired) electrons. The number of carbonyl (C=O) groups is 1. The Labute approximate surface area is 111 Å². The maximum absolute atomic E-state index is 12.1. The van der Waals surface area contributed by atoms with Gasteiger partial charge in [-0.25, -0.2) is 4.68 Å². The Morgan fingerprint density at radius 2 is 2.21 bits per heavy atom. The van der Waals surface area contributed by atoms with Crippen LogP contribution in [-0.4, -0.2) is 34.8 Å². The van der Waals surface area contributed by atoms with Crippen LogP contribution >= 0.6 is 0 Å². The number of hydrogen-bond acceptors (Lipinski definition) is 3. The second-order valence-corrected chi connectivity index (χ2v) is 4.67. The van der Waals surface area contributed by atoms with Crippen LogP contribution in [0, 0.1) is 0 Å². The standard InChI is InChI=1S/C14H16N4O/c19-14(17-12-6-7-15-9-12)11-8-16-18(10-11)13-4-2-1-3-5-13/h1-5,8,10,12,15H,6-7,9H2,(H,17,19)/t12-/m0/s1. The molecule has 5 heteroatoms. The largest absolute Gasteiger partial charge is 0.348 e. The molecule has 0 aliphatic carbocycles. The normalized spacial score (nSPS) is 18.4. The van der Waals surface area contributed by atoms with Crippen molar-refractivity contribution in [1.29, 1.82) is 0 Å². The van der Waals surface area contributed by atoms with Gasteiger partial charge in [0.25, 0.3) is 5.91 Å². The molecule has 1 aromatic heterocycles. The van der Waals surface area contributed by atoms with Crippen LogP contribution < -0.4 is 10.6 Å². The maximum Gasteiger partial charge on any atom is 0.254 e. The first kappa shape index (κ1) is 11.9. The van der Waals surface area contributed by atoms with Gasteiger partial charge in [0, 0.05) is 18.8 Å². The third-order valence-electron chi connectivity index (χ3n) is 3.26. The highest BCUT2D eigenvalue weighted by atomic mass is 16.1. The average Bonchev–Trinajstić information content (AvgIpc) is 3.10. The van der Waals surface area contributed by atoms with Gasteiger partial charge in [-0.2, -0.15) is 5.10 Å². The van der Waals surface area contributed by atoms with Crippen molar-refractivity contribution in [2.24, 2.45) is 0 Å². The monoisotopic (exact) mass is 256 g/mol. The number of carbonyl (C=O) groups excluding carboxylic acids is 1. The fourth-order valence-electron chi connectivity index (χ4n) is 2.21. The Morgan fingerprint density at radius 1 is 1.37 bits per heavy atom. The Bertz CT molecular complexity index is 558. The van der Waals surface area contributed by atoms with Gasteiger partial charge in [-0.05, 0) is 25.1 Å². The van der Waals surface area contributed by atoms with Crippen molar-refractivity contribution in [3.63, 3.8) is 0 Å². The Balaban J connectivity index is 1.72. The first-order valence-electron chi connectivity index (χ1n) is 6.44. The molecule has 1 aromatic carbocycles. The summed E-state index contributed by atoms with van der Waals surface area (Å²) in [5, 5.41) is 10.5. The predicted molar refractivity (Wildman–Crippen MR) is 72.3 cm³/mol. The molecule has 98 valence electrons. The first-order valence-corrected chi connectivity index (χ1v) is 6.44. The molecule has 5 nitrogen and oxygen atoms in total. The van der Waals surface area contributed by atoms with Crippen LogP contribution in [-0.2, 0) is 0 Å². The van der Waals surface area contributed by atoms with E-state index in [1.807, 2.05) is 30.3 Å². The van der Waals surface area contributed by atoms with Crippen LogP contribution in [0.4, 0.5) is 0 Å². The van der Waals surface area contributed by atoms with E-state index < -0.39 is 0 Å². The minimum absolute atomic E-state index is 0.0594. The number of hydrogen-bond donors (Lipinski definition) is 2. The van der Waals surface area contributed by atoms with Crippen LogP contribution in [0.15, 0.2) is 42.7 Å². The molecule has 0 saturated carbocycles. The SMILES string of the molecule is O=C(N[C@H]1CCNC1)c1cnn(-c2ccccc2)c1. The van der Waals surface area contributed by atoms with Gasteiger partial charge in [-0.3, -0.25) is 4.79 Å². The Morgan fingerprint density at radius 3 is 2.95 bits per heavy atom. The topological polar surface area (TPSA) is 59.0 Å². The molecule has 1 atom stereocenters. The lowest BCUT2D eigenvalue weighted by atomic mass is 10.2. The van der Waals surface area contributed by atoms with Gasteiger partial charge in [-0.15, -0.1) is 0 Å². The molecule has 2 N–H and O–H groups in total. The van der Waals surface area contributed by atoms with E-state index >= 15 is 0 Å². The zero-order valence-electron chi connectivity index (χ0n) is 10.5. The van der Waals surface area contributed by atoms with Crippen molar-refractivity contribution in [2.75, 3.05) is 13.1 Å². The molecule has 19 heavy (non-hydrogen) atoms. The van der Waals surface area contributed by atoms with E-state index in [1.54, 1.807) is 17.1 Å². The number of nitrogens with one attached hydrogen (secondary N) is 2. The molecule has 1 aliphatic heterocycles. The molecule has 2 aromatic rings. The highest BCUT2D eigenvalue weighted by Crippen LogP contribution is 2.08. The second kappa shape index (κ2) is 5.24.